The van der Waals surface area contributed by atoms with E-state index in [1.165, 1.54) is 75.4 Å². The molecule has 1 aliphatic heterocycles. The summed E-state index contributed by atoms with van der Waals surface area (Å²) < 4.78 is 0. The van der Waals surface area contributed by atoms with Crippen LogP contribution >= 0.6 is 11.8 Å². The molecule has 1 aromatic carbocycles. The Labute approximate surface area is 133 Å². The lowest BCUT2D eigenvalue weighted by Crippen LogP contribution is -2.52. The Hall–Kier alpha value is -0.510. The maximum Gasteiger partial charge on any atom is 0.0308 e. The summed E-state index contributed by atoms with van der Waals surface area (Å²) in [7, 11) is 0. The van der Waals surface area contributed by atoms with Crippen molar-refractivity contribution in [2.24, 2.45) is 0 Å². The summed E-state index contributed by atoms with van der Waals surface area (Å²) in [6.45, 7) is 4.97. The Bertz CT molecular complexity index is 414. The lowest BCUT2D eigenvalue weighted by atomic mass is 9.81. The standard InChI is InChI=1S/C18H28N2S/c1-3-8-17(9-4-1)21-15-14-20-13-7-12-19-18(16-20)10-5-2-6-11-18/h1,3-4,8-9,19H,2,5-7,10-16H2. The predicted molar refractivity (Wildman–Crippen MR) is 92.0 cm³/mol. The molecule has 0 amide bonds. The van der Waals surface area contributed by atoms with Crippen molar-refractivity contribution in [3.05, 3.63) is 30.3 Å². The summed E-state index contributed by atoms with van der Waals surface area (Å²) in [5, 5.41) is 3.89. The molecular weight excluding hydrogens is 276 g/mol. The van der Waals surface area contributed by atoms with Crippen molar-refractivity contribution in [1.82, 2.24) is 10.2 Å². The SMILES string of the molecule is c1ccc(SCCN2CCCNC3(CCCCC3)C2)cc1. The van der Waals surface area contributed by atoms with Crippen LogP contribution in [0.2, 0.25) is 0 Å². The fourth-order valence-corrected chi connectivity index (χ4v) is 4.72. The van der Waals surface area contributed by atoms with Gasteiger partial charge in [-0.15, -0.1) is 11.8 Å². The van der Waals surface area contributed by atoms with Crippen molar-refractivity contribution in [2.45, 2.75) is 49.0 Å². The van der Waals surface area contributed by atoms with Crippen LogP contribution in [0.3, 0.4) is 0 Å². The number of nitrogens with zero attached hydrogens (tertiary/aromatic N) is 1. The quantitative estimate of drug-likeness (QED) is 0.852. The summed E-state index contributed by atoms with van der Waals surface area (Å²) in [5.41, 5.74) is 0.437. The molecule has 3 rings (SSSR count). The smallest absolute Gasteiger partial charge is 0.0308 e. The van der Waals surface area contributed by atoms with Gasteiger partial charge in [-0.25, -0.2) is 0 Å². The molecule has 2 nitrogen and oxygen atoms in total. The van der Waals surface area contributed by atoms with E-state index in [4.69, 9.17) is 0 Å². The van der Waals surface area contributed by atoms with E-state index in [1.807, 2.05) is 11.8 Å². The van der Waals surface area contributed by atoms with E-state index in [0.717, 1.165) is 0 Å². The fraction of sp³-hybridized carbons (Fsp3) is 0.667. The Morgan fingerprint density at radius 1 is 1.05 bits per heavy atom. The lowest BCUT2D eigenvalue weighted by molar-refractivity contribution is 0.170. The van der Waals surface area contributed by atoms with E-state index in [2.05, 4.69) is 40.5 Å². The maximum absolute atomic E-state index is 3.89. The zero-order chi connectivity index (χ0) is 14.4. The molecule has 0 atom stereocenters. The van der Waals surface area contributed by atoms with Gasteiger partial charge in [0.2, 0.25) is 0 Å². The highest BCUT2D eigenvalue weighted by atomic mass is 32.2. The van der Waals surface area contributed by atoms with Crippen LogP contribution in [-0.4, -0.2) is 42.4 Å². The van der Waals surface area contributed by atoms with Crippen molar-refractivity contribution in [3.8, 4) is 0 Å². The number of rotatable bonds is 4. The van der Waals surface area contributed by atoms with Crippen LogP contribution in [0.5, 0.6) is 0 Å². The van der Waals surface area contributed by atoms with Gasteiger partial charge >= 0.3 is 0 Å². The van der Waals surface area contributed by atoms with Crippen LogP contribution < -0.4 is 5.32 Å². The van der Waals surface area contributed by atoms with Gasteiger partial charge in [0.05, 0.1) is 0 Å². The third-order valence-corrected chi connectivity index (χ3v) is 5.90. The molecule has 0 bridgehead atoms. The average molecular weight is 305 g/mol. The molecule has 1 aromatic rings. The Morgan fingerprint density at radius 2 is 1.86 bits per heavy atom. The molecule has 1 heterocycles. The molecule has 1 aliphatic carbocycles. The van der Waals surface area contributed by atoms with Crippen LogP contribution in [0.25, 0.3) is 0 Å². The van der Waals surface area contributed by atoms with Crippen LogP contribution in [0.15, 0.2) is 35.2 Å². The molecule has 1 spiro atoms. The van der Waals surface area contributed by atoms with E-state index >= 15 is 0 Å². The van der Waals surface area contributed by atoms with Gasteiger partial charge in [0, 0.05) is 29.3 Å². The van der Waals surface area contributed by atoms with Gasteiger partial charge in [-0.05, 0) is 44.5 Å². The van der Waals surface area contributed by atoms with Crippen molar-refractivity contribution in [2.75, 3.05) is 31.9 Å². The van der Waals surface area contributed by atoms with Crippen LogP contribution in [0.1, 0.15) is 38.5 Å². The molecule has 116 valence electrons. The Morgan fingerprint density at radius 3 is 2.67 bits per heavy atom. The van der Waals surface area contributed by atoms with Crippen LogP contribution in [0.4, 0.5) is 0 Å². The Balaban J connectivity index is 1.50. The fourth-order valence-electron chi connectivity index (χ4n) is 3.78. The molecule has 2 aliphatic rings. The minimum atomic E-state index is 0.437. The molecule has 2 fully saturated rings. The van der Waals surface area contributed by atoms with E-state index in [1.54, 1.807) is 0 Å². The minimum absolute atomic E-state index is 0.437. The second-order valence-electron chi connectivity index (χ2n) is 6.56. The number of hydrogen-bond acceptors (Lipinski definition) is 3. The van der Waals surface area contributed by atoms with Gasteiger partial charge in [-0.2, -0.15) is 0 Å². The van der Waals surface area contributed by atoms with Gasteiger partial charge in [0.1, 0.15) is 0 Å². The first-order valence-electron chi connectivity index (χ1n) is 8.52. The van der Waals surface area contributed by atoms with Crippen LogP contribution in [-0.2, 0) is 0 Å². The van der Waals surface area contributed by atoms with Crippen molar-refractivity contribution >= 4 is 11.8 Å². The third-order valence-electron chi connectivity index (χ3n) is 4.91. The van der Waals surface area contributed by atoms with E-state index in [9.17, 15) is 0 Å². The second kappa shape index (κ2) is 7.66. The summed E-state index contributed by atoms with van der Waals surface area (Å²) >= 11 is 1.99. The molecule has 0 radical (unpaired) electrons. The Kier molecular flexibility index (Phi) is 5.61. The molecule has 1 N–H and O–H groups in total. The summed E-state index contributed by atoms with van der Waals surface area (Å²) in [5.74, 6) is 1.21. The number of nitrogens with one attached hydrogen (secondary N) is 1. The number of benzene rings is 1. The summed E-state index contributed by atoms with van der Waals surface area (Å²) in [6, 6.07) is 10.8. The van der Waals surface area contributed by atoms with Gasteiger partial charge in [-0.3, -0.25) is 0 Å². The summed E-state index contributed by atoms with van der Waals surface area (Å²) in [4.78, 5) is 4.11. The zero-order valence-corrected chi connectivity index (χ0v) is 13.8. The van der Waals surface area contributed by atoms with Crippen molar-refractivity contribution in [3.63, 3.8) is 0 Å². The highest BCUT2D eigenvalue weighted by Crippen LogP contribution is 2.30. The minimum Gasteiger partial charge on any atom is -0.310 e. The van der Waals surface area contributed by atoms with Crippen molar-refractivity contribution < 1.29 is 0 Å². The van der Waals surface area contributed by atoms with Gasteiger partial charge < -0.3 is 10.2 Å². The number of hydrogen-bond donors (Lipinski definition) is 1. The molecule has 0 unspecified atom stereocenters. The second-order valence-corrected chi connectivity index (χ2v) is 7.73. The monoisotopic (exact) mass is 304 g/mol. The predicted octanol–water partition coefficient (Wildman–Crippen LogP) is 3.78. The van der Waals surface area contributed by atoms with E-state index in [0.29, 0.717) is 5.54 Å². The largest absolute Gasteiger partial charge is 0.310 e. The van der Waals surface area contributed by atoms with E-state index < -0.39 is 0 Å². The first kappa shape index (κ1) is 15.4. The number of thioether (sulfide) groups is 1. The molecular formula is C18H28N2S. The lowest BCUT2D eigenvalue weighted by Gasteiger charge is -2.40. The highest BCUT2D eigenvalue weighted by molar-refractivity contribution is 7.99. The van der Waals surface area contributed by atoms with E-state index in [-0.39, 0.29) is 0 Å². The average Bonchev–Trinajstić information content (AvgIpc) is 2.72. The van der Waals surface area contributed by atoms with Crippen LogP contribution in [0, 0.1) is 0 Å². The zero-order valence-electron chi connectivity index (χ0n) is 13.0. The van der Waals surface area contributed by atoms with Gasteiger partial charge in [0.25, 0.3) is 0 Å². The first-order chi connectivity index (χ1) is 10.4. The molecule has 0 aromatic heterocycles. The summed E-state index contributed by atoms with van der Waals surface area (Å²) in [6.07, 6.45) is 8.34. The molecule has 1 saturated heterocycles. The van der Waals surface area contributed by atoms with Gasteiger partial charge in [0.15, 0.2) is 0 Å². The topological polar surface area (TPSA) is 15.3 Å². The molecule has 21 heavy (non-hydrogen) atoms. The third kappa shape index (κ3) is 4.48. The maximum atomic E-state index is 3.89. The van der Waals surface area contributed by atoms with Crippen molar-refractivity contribution in [1.29, 1.82) is 0 Å². The highest BCUT2D eigenvalue weighted by Gasteiger charge is 2.34. The normalized spacial score (nSPS) is 23.0. The molecule has 3 heteroatoms. The first-order valence-corrected chi connectivity index (χ1v) is 9.50. The molecule has 1 saturated carbocycles. The van der Waals surface area contributed by atoms with Gasteiger partial charge in [-0.1, -0.05) is 37.5 Å².